The van der Waals surface area contributed by atoms with Crippen LogP contribution in [0.25, 0.3) is 0 Å². The normalized spacial score (nSPS) is 19.4. The summed E-state index contributed by atoms with van der Waals surface area (Å²) in [7, 11) is 0. The van der Waals surface area contributed by atoms with Gasteiger partial charge in [0.15, 0.2) is 5.69 Å². The van der Waals surface area contributed by atoms with Crippen LogP contribution < -0.4 is 10.2 Å². The van der Waals surface area contributed by atoms with E-state index in [0.717, 1.165) is 53.1 Å². The number of carbonyl (C=O) groups excluding carboxylic acids is 1. The van der Waals surface area contributed by atoms with Crippen LogP contribution in [-0.2, 0) is 6.54 Å². The van der Waals surface area contributed by atoms with Crippen LogP contribution in [0.3, 0.4) is 0 Å². The molecule has 1 saturated heterocycles. The zero-order chi connectivity index (χ0) is 24.1. The lowest BCUT2D eigenvalue weighted by molar-refractivity contribution is 0.0987. The highest BCUT2D eigenvalue weighted by Crippen LogP contribution is 2.47. The Bertz CT molecular complexity index is 1260. The largest absolute Gasteiger partial charge is 0.312 e. The number of aromatic nitrogens is 2. The number of rotatable bonds is 5. The topological polar surface area (TPSA) is 50.2 Å². The minimum Gasteiger partial charge on any atom is -0.312 e. The summed E-state index contributed by atoms with van der Waals surface area (Å²) in [5.41, 5.74) is 6.57. The number of nitrogens with one attached hydrogen (secondary N) is 1. The van der Waals surface area contributed by atoms with Gasteiger partial charge in [0.25, 0.3) is 5.91 Å². The smallest absolute Gasteiger partial charge is 0.280 e. The summed E-state index contributed by atoms with van der Waals surface area (Å²) >= 11 is 12.7. The zero-order valence-corrected chi connectivity index (χ0v) is 22.8. The molecule has 1 amide bonds. The van der Waals surface area contributed by atoms with E-state index in [4.69, 9.17) is 28.3 Å². The van der Waals surface area contributed by atoms with E-state index < -0.39 is 0 Å². The first-order valence-electron chi connectivity index (χ1n) is 12.0. The van der Waals surface area contributed by atoms with Crippen molar-refractivity contribution < 1.29 is 4.79 Å². The van der Waals surface area contributed by atoms with Crippen molar-refractivity contribution >= 4 is 47.2 Å². The van der Waals surface area contributed by atoms with Crippen LogP contribution in [0.2, 0.25) is 10.0 Å². The average Bonchev–Trinajstić information content (AvgIpc) is 3.47. The van der Waals surface area contributed by atoms with Gasteiger partial charge in [0.05, 0.1) is 12.6 Å². The molecule has 1 fully saturated rings. The molecular formula is C27H31Cl3N4O. The fraction of sp³-hybridized carbons (Fsp3) is 0.407. The van der Waals surface area contributed by atoms with Gasteiger partial charge in [0.2, 0.25) is 0 Å². The minimum absolute atomic E-state index is 0. The lowest BCUT2D eigenvalue weighted by Crippen LogP contribution is -2.33. The van der Waals surface area contributed by atoms with Gasteiger partial charge in [-0.2, -0.15) is 5.10 Å². The number of carbonyl (C=O) groups is 1. The summed E-state index contributed by atoms with van der Waals surface area (Å²) in [5.74, 6) is 0.126. The third-order valence-corrected chi connectivity index (χ3v) is 7.51. The summed E-state index contributed by atoms with van der Waals surface area (Å²) in [5, 5.41) is 9.79. The van der Waals surface area contributed by atoms with Crippen LogP contribution in [-0.4, -0.2) is 28.3 Å². The fourth-order valence-electron chi connectivity index (χ4n) is 5.48. The van der Waals surface area contributed by atoms with Crippen molar-refractivity contribution in [1.82, 2.24) is 15.1 Å². The van der Waals surface area contributed by atoms with E-state index in [1.54, 1.807) is 0 Å². The minimum atomic E-state index is -0.292. The van der Waals surface area contributed by atoms with Gasteiger partial charge in [-0.25, -0.2) is 0 Å². The molecular weight excluding hydrogens is 503 g/mol. The molecule has 2 aliphatic rings. The number of hydrogen-bond acceptors (Lipinski definition) is 3. The Kier molecular flexibility index (Phi) is 7.54. The van der Waals surface area contributed by atoms with E-state index in [9.17, 15) is 4.79 Å². The molecule has 2 atom stereocenters. The number of halogens is 3. The summed E-state index contributed by atoms with van der Waals surface area (Å²) in [4.78, 5) is 15.9. The Morgan fingerprint density at radius 1 is 1.09 bits per heavy atom. The van der Waals surface area contributed by atoms with E-state index in [-0.39, 0.29) is 30.3 Å². The molecule has 0 spiro atoms. The van der Waals surface area contributed by atoms with Crippen molar-refractivity contribution in [3.8, 4) is 0 Å². The summed E-state index contributed by atoms with van der Waals surface area (Å²) in [6.45, 7) is 10.2. The zero-order valence-electron chi connectivity index (χ0n) is 20.4. The summed E-state index contributed by atoms with van der Waals surface area (Å²) < 4.78 is 2.08. The second-order valence-corrected chi connectivity index (χ2v) is 10.7. The van der Waals surface area contributed by atoms with E-state index in [2.05, 4.69) is 30.8 Å². The standard InChI is InChI=1S/C27H30Cl2N4O.ClH/c1-15(2)25-23-24(31-32(25)14-20-6-5-11-30-20)27(34)33(22-13-19(29)8-7-16(22)3)26(23)21-10-9-18(28)12-17(21)4;/h7-10,12-13,15,20,26,30H,5-6,11,14H2,1-4H3;1H. The lowest BCUT2D eigenvalue weighted by atomic mass is 9.91. The number of anilines is 1. The Labute approximate surface area is 223 Å². The molecule has 8 heteroatoms. The number of nitrogens with zero attached hydrogens (tertiary/aromatic N) is 3. The highest BCUT2D eigenvalue weighted by Gasteiger charge is 2.45. The molecule has 0 bridgehead atoms. The molecule has 5 rings (SSSR count). The molecule has 1 N–H and O–H groups in total. The molecule has 1 aromatic heterocycles. The van der Waals surface area contributed by atoms with Crippen molar-refractivity contribution in [3.63, 3.8) is 0 Å². The van der Waals surface area contributed by atoms with Crippen LogP contribution >= 0.6 is 35.6 Å². The van der Waals surface area contributed by atoms with Gasteiger partial charge in [-0.15, -0.1) is 12.4 Å². The summed E-state index contributed by atoms with van der Waals surface area (Å²) in [6, 6.07) is 11.7. The highest BCUT2D eigenvalue weighted by atomic mass is 35.5. The van der Waals surface area contributed by atoms with Gasteiger partial charge >= 0.3 is 0 Å². The SMILES string of the molecule is Cc1cc(Cl)ccc1C1c2c(nn(CC3CCCN3)c2C(C)C)C(=O)N1c1cc(Cl)ccc1C.Cl. The number of benzene rings is 2. The third-order valence-electron chi connectivity index (χ3n) is 7.04. The number of amides is 1. The van der Waals surface area contributed by atoms with Gasteiger partial charge in [-0.1, -0.05) is 49.2 Å². The van der Waals surface area contributed by atoms with Crippen molar-refractivity contribution in [2.75, 3.05) is 11.4 Å². The van der Waals surface area contributed by atoms with Gasteiger partial charge < -0.3 is 5.32 Å². The molecule has 0 saturated carbocycles. The fourth-order valence-corrected chi connectivity index (χ4v) is 5.87. The first-order chi connectivity index (χ1) is 16.3. The number of aryl methyl sites for hydroxylation is 2. The Morgan fingerprint density at radius 3 is 2.46 bits per heavy atom. The Morgan fingerprint density at radius 2 is 1.80 bits per heavy atom. The molecule has 3 heterocycles. The molecule has 0 aliphatic carbocycles. The average molecular weight is 534 g/mol. The monoisotopic (exact) mass is 532 g/mol. The first kappa shape index (κ1) is 26.0. The van der Waals surface area contributed by atoms with Crippen LogP contribution in [0.15, 0.2) is 36.4 Å². The molecule has 5 nitrogen and oxygen atoms in total. The van der Waals surface area contributed by atoms with E-state index >= 15 is 0 Å². The van der Waals surface area contributed by atoms with E-state index in [0.29, 0.717) is 21.8 Å². The van der Waals surface area contributed by atoms with Crippen LogP contribution in [0, 0.1) is 13.8 Å². The maximum Gasteiger partial charge on any atom is 0.280 e. The molecule has 2 aromatic carbocycles. The second-order valence-electron chi connectivity index (χ2n) is 9.79. The van der Waals surface area contributed by atoms with E-state index in [1.165, 1.54) is 6.42 Å². The predicted molar refractivity (Wildman–Crippen MR) is 146 cm³/mol. The molecule has 0 radical (unpaired) electrons. The maximum atomic E-state index is 14.0. The van der Waals surface area contributed by atoms with Crippen LogP contribution in [0.5, 0.6) is 0 Å². The van der Waals surface area contributed by atoms with Gasteiger partial charge in [-0.3, -0.25) is 14.4 Å². The molecule has 35 heavy (non-hydrogen) atoms. The van der Waals surface area contributed by atoms with Gasteiger partial charge in [0.1, 0.15) is 0 Å². The van der Waals surface area contributed by atoms with E-state index in [1.807, 2.05) is 48.2 Å². The third kappa shape index (κ3) is 4.60. The highest BCUT2D eigenvalue weighted by molar-refractivity contribution is 6.31. The number of hydrogen-bond donors (Lipinski definition) is 1. The van der Waals surface area contributed by atoms with Crippen LogP contribution in [0.1, 0.15) is 77.1 Å². The van der Waals surface area contributed by atoms with Gasteiger partial charge in [-0.05, 0) is 80.1 Å². The van der Waals surface area contributed by atoms with Crippen molar-refractivity contribution in [2.24, 2.45) is 0 Å². The first-order valence-corrected chi connectivity index (χ1v) is 12.7. The Balaban J connectivity index is 0.00000289. The second kappa shape index (κ2) is 10.1. The van der Waals surface area contributed by atoms with Crippen molar-refractivity contribution in [1.29, 1.82) is 0 Å². The molecule has 2 aliphatic heterocycles. The number of fused-ring (bicyclic) bond motifs is 1. The van der Waals surface area contributed by atoms with Crippen molar-refractivity contribution in [3.05, 3.63) is 80.1 Å². The van der Waals surface area contributed by atoms with Crippen LogP contribution in [0.4, 0.5) is 5.69 Å². The molecule has 3 aromatic rings. The molecule has 186 valence electrons. The quantitative estimate of drug-likeness (QED) is 0.390. The maximum absolute atomic E-state index is 14.0. The van der Waals surface area contributed by atoms with Crippen molar-refractivity contribution in [2.45, 2.75) is 65.1 Å². The molecule has 2 unspecified atom stereocenters. The Hall–Kier alpha value is -2.05. The lowest BCUT2D eigenvalue weighted by Gasteiger charge is -2.30. The summed E-state index contributed by atoms with van der Waals surface area (Å²) in [6.07, 6.45) is 2.31. The predicted octanol–water partition coefficient (Wildman–Crippen LogP) is 6.85. The van der Waals surface area contributed by atoms with Gasteiger partial charge in [0, 0.05) is 33.0 Å².